The van der Waals surface area contributed by atoms with Crippen molar-refractivity contribution in [3.63, 3.8) is 0 Å². The van der Waals surface area contributed by atoms with Crippen LogP contribution in [0.25, 0.3) is 11.0 Å². The van der Waals surface area contributed by atoms with Crippen LogP contribution in [-0.4, -0.2) is 30.8 Å². The number of aryl methyl sites for hydroxylation is 3. The first-order valence-corrected chi connectivity index (χ1v) is 8.96. The van der Waals surface area contributed by atoms with E-state index in [4.69, 9.17) is 4.98 Å². The lowest BCUT2D eigenvalue weighted by atomic mass is 10.2. The zero-order valence-electron chi connectivity index (χ0n) is 12.6. The molecule has 0 aliphatic carbocycles. The SMILES string of the molecule is CCCc1nc2cncc(C)c2n1CCCCS(C)=O. The molecule has 0 spiro atoms. The van der Waals surface area contributed by atoms with E-state index >= 15 is 0 Å². The molecule has 2 aromatic heterocycles. The Bertz CT molecular complexity index is 606. The molecule has 1 unspecified atom stereocenters. The summed E-state index contributed by atoms with van der Waals surface area (Å²) in [6.45, 7) is 5.22. The van der Waals surface area contributed by atoms with Gasteiger partial charge in [-0.2, -0.15) is 0 Å². The Labute approximate surface area is 123 Å². The molecule has 0 aliphatic heterocycles. The van der Waals surface area contributed by atoms with Crippen LogP contribution in [0.3, 0.4) is 0 Å². The number of unbranched alkanes of at least 4 members (excludes halogenated alkanes) is 1. The summed E-state index contributed by atoms with van der Waals surface area (Å²) in [5, 5.41) is 0. The van der Waals surface area contributed by atoms with Crippen LogP contribution in [0.1, 0.15) is 37.6 Å². The highest BCUT2D eigenvalue weighted by Gasteiger charge is 2.12. The van der Waals surface area contributed by atoms with Gasteiger partial charge in [0.15, 0.2) is 0 Å². The zero-order chi connectivity index (χ0) is 14.5. The zero-order valence-corrected chi connectivity index (χ0v) is 13.4. The van der Waals surface area contributed by atoms with Crippen LogP contribution in [0.2, 0.25) is 0 Å². The Kier molecular flexibility index (Phi) is 5.29. The van der Waals surface area contributed by atoms with Gasteiger partial charge in [0.05, 0.1) is 11.7 Å². The average Bonchev–Trinajstić information content (AvgIpc) is 2.74. The second-order valence-electron chi connectivity index (χ2n) is 5.24. The van der Waals surface area contributed by atoms with Gasteiger partial charge in [0.1, 0.15) is 11.3 Å². The molecule has 2 rings (SSSR count). The molecule has 4 nitrogen and oxygen atoms in total. The van der Waals surface area contributed by atoms with Crippen molar-refractivity contribution in [3.8, 4) is 0 Å². The van der Waals surface area contributed by atoms with Gasteiger partial charge in [0, 0.05) is 42.0 Å². The van der Waals surface area contributed by atoms with Gasteiger partial charge in [-0.1, -0.05) is 6.92 Å². The number of aromatic nitrogens is 3. The predicted molar refractivity (Wildman–Crippen MR) is 84.4 cm³/mol. The molecular formula is C15H23N3OS. The molecule has 0 amide bonds. The summed E-state index contributed by atoms with van der Waals surface area (Å²) in [6.07, 6.45) is 9.64. The molecule has 0 radical (unpaired) electrons. The highest BCUT2D eigenvalue weighted by Crippen LogP contribution is 2.20. The average molecular weight is 293 g/mol. The van der Waals surface area contributed by atoms with Crippen molar-refractivity contribution in [3.05, 3.63) is 23.8 Å². The molecule has 1 atom stereocenters. The van der Waals surface area contributed by atoms with E-state index in [0.29, 0.717) is 0 Å². The van der Waals surface area contributed by atoms with Gasteiger partial charge < -0.3 is 4.57 Å². The lowest BCUT2D eigenvalue weighted by Crippen LogP contribution is -2.06. The smallest absolute Gasteiger partial charge is 0.109 e. The van der Waals surface area contributed by atoms with Crippen molar-refractivity contribution in [1.82, 2.24) is 14.5 Å². The van der Waals surface area contributed by atoms with Crippen LogP contribution in [0.15, 0.2) is 12.4 Å². The molecule has 0 aromatic carbocycles. The first kappa shape index (κ1) is 15.2. The summed E-state index contributed by atoms with van der Waals surface area (Å²) in [6, 6.07) is 0. The largest absolute Gasteiger partial charge is 0.328 e. The van der Waals surface area contributed by atoms with E-state index in [9.17, 15) is 4.21 Å². The monoisotopic (exact) mass is 293 g/mol. The number of nitrogens with zero attached hydrogens (tertiary/aromatic N) is 3. The number of hydrogen-bond donors (Lipinski definition) is 0. The second kappa shape index (κ2) is 6.97. The normalized spacial score (nSPS) is 12.9. The summed E-state index contributed by atoms with van der Waals surface area (Å²) in [5.74, 6) is 1.94. The number of pyridine rings is 1. The van der Waals surface area contributed by atoms with Gasteiger partial charge in [-0.25, -0.2) is 4.98 Å². The topological polar surface area (TPSA) is 47.8 Å². The molecule has 2 aromatic rings. The molecule has 20 heavy (non-hydrogen) atoms. The number of fused-ring (bicyclic) bond motifs is 1. The Morgan fingerprint density at radius 2 is 2.10 bits per heavy atom. The van der Waals surface area contributed by atoms with Crippen LogP contribution in [0, 0.1) is 6.92 Å². The van der Waals surface area contributed by atoms with Crippen LogP contribution >= 0.6 is 0 Å². The van der Waals surface area contributed by atoms with Crippen molar-refractivity contribution in [2.24, 2.45) is 0 Å². The van der Waals surface area contributed by atoms with Crippen LogP contribution in [0.5, 0.6) is 0 Å². The summed E-state index contributed by atoms with van der Waals surface area (Å²) >= 11 is 0. The molecule has 110 valence electrons. The van der Waals surface area contributed by atoms with E-state index in [2.05, 4.69) is 23.4 Å². The van der Waals surface area contributed by atoms with E-state index in [1.807, 2.05) is 12.4 Å². The molecule has 0 aliphatic rings. The van der Waals surface area contributed by atoms with Crippen molar-refractivity contribution in [2.75, 3.05) is 12.0 Å². The van der Waals surface area contributed by atoms with Crippen LogP contribution in [-0.2, 0) is 23.8 Å². The van der Waals surface area contributed by atoms with Crippen molar-refractivity contribution >= 4 is 21.8 Å². The van der Waals surface area contributed by atoms with E-state index in [0.717, 1.165) is 49.3 Å². The summed E-state index contributed by atoms with van der Waals surface area (Å²) in [4.78, 5) is 8.95. The minimum Gasteiger partial charge on any atom is -0.328 e. The standard InChI is InChI=1S/C15H23N3OS/c1-4-7-14-17-13-11-16-10-12(2)15(13)18(14)8-5-6-9-20(3)19/h10-11H,4-9H2,1-3H3. The minimum atomic E-state index is -0.689. The van der Waals surface area contributed by atoms with Crippen LogP contribution < -0.4 is 0 Å². The highest BCUT2D eigenvalue weighted by molar-refractivity contribution is 7.84. The van der Waals surface area contributed by atoms with Gasteiger partial charge >= 0.3 is 0 Å². The lowest BCUT2D eigenvalue weighted by Gasteiger charge is -2.09. The Morgan fingerprint density at radius 3 is 2.80 bits per heavy atom. The molecule has 0 bridgehead atoms. The van der Waals surface area contributed by atoms with Crippen molar-refractivity contribution in [1.29, 1.82) is 0 Å². The van der Waals surface area contributed by atoms with Crippen molar-refractivity contribution in [2.45, 2.75) is 46.1 Å². The minimum absolute atomic E-state index is 0.689. The first-order chi connectivity index (χ1) is 9.63. The molecule has 2 heterocycles. The van der Waals surface area contributed by atoms with E-state index < -0.39 is 10.8 Å². The fraction of sp³-hybridized carbons (Fsp3) is 0.600. The Hall–Kier alpha value is -1.23. The number of imidazole rings is 1. The second-order valence-corrected chi connectivity index (χ2v) is 6.79. The molecule has 0 saturated heterocycles. The molecular weight excluding hydrogens is 270 g/mol. The fourth-order valence-electron chi connectivity index (χ4n) is 2.54. The number of rotatable bonds is 7. The quantitative estimate of drug-likeness (QED) is 0.738. The van der Waals surface area contributed by atoms with Gasteiger partial charge in [-0.15, -0.1) is 0 Å². The molecule has 5 heteroatoms. The lowest BCUT2D eigenvalue weighted by molar-refractivity contribution is 0.609. The maximum absolute atomic E-state index is 11.1. The maximum atomic E-state index is 11.1. The predicted octanol–water partition coefficient (Wildman–Crippen LogP) is 2.85. The number of hydrogen-bond acceptors (Lipinski definition) is 3. The van der Waals surface area contributed by atoms with E-state index in [1.165, 1.54) is 11.1 Å². The van der Waals surface area contributed by atoms with E-state index in [1.54, 1.807) is 6.26 Å². The van der Waals surface area contributed by atoms with Gasteiger partial charge in [0.25, 0.3) is 0 Å². The molecule has 0 fully saturated rings. The molecule has 0 N–H and O–H groups in total. The van der Waals surface area contributed by atoms with E-state index in [-0.39, 0.29) is 0 Å². The van der Waals surface area contributed by atoms with Crippen LogP contribution in [0.4, 0.5) is 0 Å². The fourth-order valence-corrected chi connectivity index (χ4v) is 3.15. The summed E-state index contributed by atoms with van der Waals surface area (Å²) in [5.41, 5.74) is 3.38. The highest BCUT2D eigenvalue weighted by atomic mass is 32.2. The van der Waals surface area contributed by atoms with Crippen molar-refractivity contribution < 1.29 is 4.21 Å². The molecule has 0 saturated carbocycles. The third kappa shape index (κ3) is 3.45. The van der Waals surface area contributed by atoms with Gasteiger partial charge in [-0.05, 0) is 31.7 Å². The Balaban J connectivity index is 2.24. The maximum Gasteiger partial charge on any atom is 0.109 e. The third-order valence-corrected chi connectivity index (χ3v) is 4.31. The summed E-state index contributed by atoms with van der Waals surface area (Å²) < 4.78 is 13.5. The summed E-state index contributed by atoms with van der Waals surface area (Å²) in [7, 11) is -0.689. The third-order valence-electron chi connectivity index (χ3n) is 3.45. The first-order valence-electron chi connectivity index (χ1n) is 7.23. The van der Waals surface area contributed by atoms with Gasteiger partial charge in [-0.3, -0.25) is 9.19 Å². The Morgan fingerprint density at radius 1 is 1.30 bits per heavy atom. The van der Waals surface area contributed by atoms with Gasteiger partial charge in [0.2, 0.25) is 0 Å².